The fourth-order valence-corrected chi connectivity index (χ4v) is 2.90. The first-order chi connectivity index (χ1) is 9.11. The van der Waals surface area contributed by atoms with Crippen LogP contribution in [0.1, 0.15) is 35.7 Å². The van der Waals surface area contributed by atoms with Crippen LogP contribution in [-0.4, -0.2) is 11.0 Å². The van der Waals surface area contributed by atoms with Crippen LogP contribution in [-0.2, 0) is 12.8 Å². The highest BCUT2D eigenvalue weighted by atomic mass is 35.5. The summed E-state index contributed by atoms with van der Waals surface area (Å²) < 4.78 is 5.56. The van der Waals surface area contributed by atoms with Crippen LogP contribution in [0.15, 0.2) is 28.8 Å². The molecule has 0 saturated heterocycles. The van der Waals surface area contributed by atoms with E-state index in [2.05, 4.69) is 29.4 Å². The Morgan fingerprint density at radius 2 is 2.16 bits per heavy atom. The number of aromatic nitrogens is 1. The van der Waals surface area contributed by atoms with Crippen LogP contribution in [0.5, 0.6) is 0 Å². The summed E-state index contributed by atoms with van der Waals surface area (Å²) in [6, 6.07) is 6.71. The highest BCUT2D eigenvalue weighted by Crippen LogP contribution is 2.26. The van der Waals surface area contributed by atoms with Gasteiger partial charge in [0.25, 0.3) is 0 Å². The molecule has 4 heteroatoms. The lowest BCUT2D eigenvalue weighted by molar-refractivity contribution is 0.372. The molecule has 2 aromatic rings. The van der Waals surface area contributed by atoms with E-state index in [1.165, 1.54) is 11.1 Å². The number of fused-ring (bicyclic) bond motifs is 1. The summed E-state index contributed by atoms with van der Waals surface area (Å²) in [5.74, 6) is 1.61. The van der Waals surface area contributed by atoms with E-state index in [0.717, 1.165) is 29.5 Å². The number of nitrogens with one attached hydrogen (secondary N) is 1. The van der Waals surface area contributed by atoms with Gasteiger partial charge in [-0.3, -0.25) is 0 Å². The summed E-state index contributed by atoms with van der Waals surface area (Å²) in [6.45, 7) is 4.00. The number of benzene rings is 1. The smallest absolute Gasteiger partial charge is 0.211 e. The van der Waals surface area contributed by atoms with Crippen LogP contribution < -0.4 is 5.32 Å². The second kappa shape index (κ2) is 4.99. The average Bonchev–Trinajstić information content (AvgIpc) is 2.94. The van der Waals surface area contributed by atoms with Gasteiger partial charge < -0.3 is 9.73 Å². The van der Waals surface area contributed by atoms with Gasteiger partial charge in [-0.25, -0.2) is 4.98 Å². The Bertz CT molecular complexity index is 594. The summed E-state index contributed by atoms with van der Waals surface area (Å²) in [7, 11) is 0. The van der Waals surface area contributed by atoms with Crippen molar-refractivity contribution < 1.29 is 4.42 Å². The van der Waals surface area contributed by atoms with Gasteiger partial charge >= 0.3 is 0 Å². The Kier molecular flexibility index (Phi) is 3.33. The Labute approximate surface area is 118 Å². The molecule has 0 bridgehead atoms. The molecular formula is C15H17ClN2O. The fraction of sp³-hybridized carbons (Fsp3) is 0.400. The maximum atomic E-state index is 6.03. The van der Waals surface area contributed by atoms with Gasteiger partial charge in [-0.1, -0.05) is 17.7 Å². The minimum Gasteiger partial charge on any atom is -0.444 e. The van der Waals surface area contributed by atoms with Gasteiger partial charge in [-0.2, -0.15) is 0 Å². The molecule has 3 rings (SSSR count). The number of hydrogen-bond donors (Lipinski definition) is 1. The standard InChI is InChI=1S/C15H17ClN2O/c1-9-8-17-15(19-9)10(2)18-14-6-11-3-4-13(16)5-12(11)7-14/h3-5,8,10,14,18H,6-7H2,1-2H3. The number of oxazole rings is 1. The van der Waals surface area contributed by atoms with Crippen molar-refractivity contribution in [3.63, 3.8) is 0 Å². The van der Waals surface area contributed by atoms with Crippen LogP contribution in [0.2, 0.25) is 5.02 Å². The number of rotatable bonds is 3. The summed E-state index contributed by atoms with van der Waals surface area (Å²) in [4.78, 5) is 4.27. The molecule has 2 unspecified atom stereocenters. The summed E-state index contributed by atoms with van der Waals surface area (Å²) >= 11 is 6.03. The zero-order chi connectivity index (χ0) is 13.4. The molecule has 1 aliphatic rings. The lowest BCUT2D eigenvalue weighted by atomic mass is 10.1. The quantitative estimate of drug-likeness (QED) is 0.933. The van der Waals surface area contributed by atoms with Crippen molar-refractivity contribution in [3.05, 3.63) is 52.2 Å². The van der Waals surface area contributed by atoms with E-state index >= 15 is 0 Å². The van der Waals surface area contributed by atoms with Gasteiger partial charge in [-0.15, -0.1) is 0 Å². The summed E-state index contributed by atoms with van der Waals surface area (Å²) in [6.07, 6.45) is 3.81. The van der Waals surface area contributed by atoms with Crippen LogP contribution in [0.25, 0.3) is 0 Å². The molecule has 100 valence electrons. The van der Waals surface area contributed by atoms with Crippen molar-refractivity contribution in [1.82, 2.24) is 10.3 Å². The lowest BCUT2D eigenvalue weighted by Gasteiger charge is -2.16. The molecule has 1 heterocycles. The average molecular weight is 277 g/mol. The third-order valence-corrected chi connectivity index (χ3v) is 3.83. The molecule has 1 aromatic carbocycles. The number of hydrogen-bond acceptors (Lipinski definition) is 3. The maximum Gasteiger partial charge on any atom is 0.211 e. The second-order valence-electron chi connectivity index (χ2n) is 5.22. The summed E-state index contributed by atoms with van der Waals surface area (Å²) in [5.41, 5.74) is 2.73. The predicted octanol–water partition coefficient (Wildman–Crippen LogP) is 3.45. The van der Waals surface area contributed by atoms with Crippen LogP contribution in [0.4, 0.5) is 0 Å². The molecule has 3 nitrogen and oxygen atoms in total. The van der Waals surface area contributed by atoms with E-state index in [4.69, 9.17) is 16.0 Å². The highest BCUT2D eigenvalue weighted by Gasteiger charge is 2.24. The number of halogens is 1. The van der Waals surface area contributed by atoms with Gasteiger partial charge in [0.2, 0.25) is 5.89 Å². The monoisotopic (exact) mass is 276 g/mol. The molecule has 0 aliphatic heterocycles. The molecule has 0 amide bonds. The minimum absolute atomic E-state index is 0.128. The van der Waals surface area contributed by atoms with Gasteiger partial charge in [0.05, 0.1) is 12.2 Å². The van der Waals surface area contributed by atoms with E-state index in [9.17, 15) is 0 Å². The molecule has 0 saturated carbocycles. The van der Waals surface area contributed by atoms with Gasteiger partial charge in [0, 0.05) is 11.1 Å². The van der Waals surface area contributed by atoms with Crippen molar-refractivity contribution >= 4 is 11.6 Å². The third-order valence-electron chi connectivity index (χ3n) is 3.60. The zero-order valence-corrected chi connectivity index (χ0v) is 11.9. The molecule has 2 atom stereocenters. The normalized spacial score (nSPS) is 19.4. The first-order valence-corrected chi connectivity index (χ1v) is 6.95. The van der Waals surface area contributed by atoms with E-state index in [0.29, 0.717) is 6.04 Å². The molecule has 0 radical (unpaired) electrons. The first kappa shape index (κ1) is 12.7. The van der Waals surface area contributed by atoms with Crippen LogP contribution in [0.3, 0.4) is 0 Å². The lowest BCUT2D eigenvalue weighted by Crippen LogP contribution is -2.32. The second-order valence-corrected chi connectivity index (χ2v) is 5.65. The Balaban J connectivity index is 1.67. The van der Waals surface area contributed by atoms with E-state index in [1.54, 1.807) is 6.20 Å². The molecule has 0 fully saturated rings. The molecular weight excluding hydrogens is 260 g/mol. The molecule has 1 N–H and O–H groups in total. The van der Waals surface area contributed by atoms with Crippen molar-refractivity contribution in [3.8, 4) is 0 Å². The Hall–Kier alpha value is -1.32. The van der Waals surface area contributed by atoms with Gasteiger partial charge in [0.1, 0.15) is 5.76 Å². The van der Waals surface area contributed by atoms with Crippen LogP contribution in [0, 0.1) is 6.92 Å². The van der Waals surface area contributed by atoms with E-state index in [-0.39, 0.29) is 6.04 Å². The molecule has 0 spiro atoms. The highest BCUT2D eigenvalue weighted by molar-refractivity contribution is 6.30. The number of nitrogens with zero attached hydrogens (tertiary/aromatic N) is 1. The van der Waals surface area contributed by atoms with Crippen molar-refractivity contribution in [1.29, 1.82) is 0 Å². The van der Waals surface area contributed by atoms with Crippen molar-refractivity contribution in [2.75, 3.05) is 0 Å². The van der Waals surface area contributed by atoms with Gasteiger partial charge in [-0.05, 0) is 49.9 Å². The first-order valence-electron chi connectivity index (χ1n) is 6.57. The van der Waals surface area contributed by atoms with Crippen molar-refractivity contribution in [2.24, 2.45) is 0 Å². The maximum absolute atomic E-state index is 6.03. The van der Waals surface area contributed by atoms with E-state index in [1.807, 2.05) is 13.0 Å². The Morgan fingerprint density at radius 1 is 1.37 bits per heavy atom. The summed E-state index contributed by atoms with van der Waals surface area (Å²) in [5, 5.41) is 4.39. The predicted molar refractivity (Wildman–Crippen MR) is 75.4 cm³/mol. The third kappa shape index (κ3) is 2.67. The molecule has 19 heavy (non-hydrogen) atoms. The molecule has 1 aromatic heterocycles. The van der Waals surface area contributed by atoms with Crippen molar-refractivity contribution in [2.45, 2.75) is 38.8 Å². The topological polar surface area (TPSA) is 38.1 Å². The van der Waals surface area contributed by atoms with Crippen LogP contribution >= 0.6 is 11.6 Å². The van der Waals surface area contributed by atoms with E-state index < -0.39 is 0 Å². The minimum atomic E-state index is 0.128. The fourth-order valence-electron chi connectivity index (χ4n) is 2.70. The zero-order valence-electron chi connectivity index (χ0n) is 11.1. The number of aryl methyl sites for hydroxylation is 1. The van der Waals surface area contributed by atoms with Gasteiger partial charge in [0.15, 0.2) is 0 Å². The Morgan fingerprint density at radius 3 is 2.89 bits per heavy atom. The largest absolute Gasteiger partial charge is 0.444 e. The SMILES string of the molecule is Cc1cnc(C(C)NC2Cc3ccc(Cl)cc3C2)o1. The molecule has 1 aliphatic carbocycles.